The van der Waals surface area contributed by atoms with Crippen LogP contribution < -0.4 is 11.5 Å². The number of hydrogen-bond donors (Lipinski definition) is 2. The second kappa shape index (κ2) is 4.22. The Morgan fingerprint density at radius 1 is 1.05 bits per heavy atom. The Bertz CT molecular complexity index is 714. The van der Waals surface area contributed by atoms with Crippen molar-refractivity contribution in [1.82, 2.24) is 0 Å². The zero-order valence-electron chi connectivity index (χ0n) is 13.3. The highest BCUT2D eigenvalue weighted by molar-refractivity contribution is 5.98. The van der Waals surface area contributed by atoms with Gasteiger partial charge in [0.1, 0.15) is 0 Å². The molecule has 4 nitrogen and oxygen atoms in total. The van der Waals surface area contributed by atoms with E-state index in [1.54, 1.807) is 0 Å². The lowest BCUT2D eigenvalue weighted by atomic mass is 9.63. The van der Waals surface area contributed by atoms with Crippen molar-refractivity contribution in [2.75, 3.05) is 0 Å². The van der Waals surface area contributed by atoms with Crippen molar-refractivity contribution < 1.29 is 9.59 Å². The molecule has 2 bridgehead atoms. The van der Waals surface area contributed by atoms with Crippen LogP contribution >= 0.6 is 0 Å². The second-order valence-corrected chi connectivity index (χ2v) is 7.60. The molecule has 22 heavy (non-hydrogen) atoms. The van der Waals surface area contributed by atoms with Gasteiger partial charge in [-0.05, 0) is 29.4 Å². The molecule has 2 unspecified atom stereocenters. The van der Waals surface area contributed by atoms with E-state index in [1.807, 2.05) is 30.3 Å². The first kappa shape index (κ1) is 14.8. The van der Waals surface area contributed by atoms with Crippen LogP contribution in [0, 0.1) is 5.41 Å². The topological polar surface area (TPSA) is 86.2 Å². The number of nitrogens with two attached hydrogens (primary N) is 2. The van der Waals surface area contributed by atoms with E-state index in [2.05, 4.69) is 20.8 Å². The van der Waals surface area contributed by atoms with E-state index in [1.165, 1.54) is 0 Å². The fourth-order valence-electron chi connectivity index (χ4n) is 4.00. The summed E-state index contributed by atoms with van der Waals surface area (Å²) < 4.78 is 0. The molecule has 0 heterocycles. The molecule has 0 aromatic heterocycles. The average Bonchev–Trinajstić information content (AvgIpc) is 2.65. The minimum atomic E-state index is -0.924. The summed E-state index contributed by atoms with van der Waals surface area (Å²) in [5.41, 5.74) is 12.4. The van der Waals surface area contributed by atoms with Crippen LogP contribution in [0.4, 0.5) is 0 Å². The molecule has 0 saturated carbocycles. The summed E-state index contributed by atoms with van der Waals surface area (Å²) in [6.07, 6.45) is 2.89. The normalized spacial score (nSPS) is 29.7. The predicted octanol–water partition coefficient (Wildman–Crippen LogP) is 1.91. The van der Waals surface area contributed by atoms with E-state index < -0.39 is 16.7 Å². The number of carbonyl (C=O) groups excluding carboxylic acids is 2. The van der Waals surface area contributed by atoms with Crippen molar-refractivity contribution in [3.8, 4) is 0 Å². The molecule has 3 rings (SSSR count). The monoisotopic (exact) mass is 298 g/mol. The zero-order chi connectivity index (χ0) is 16.3. The van der Waals surface area contributed by atoms with Crippen molar-refractivity contribution in [1.29, 1.82) is 0 Å². The Labute approximate surface area is 130 Å². The van der Waals surface area contributed by atoms with Gasteiger partial charge < -0.3 is 11.5 Å². The fraction of sp³-hybridized carbons (Fsp3) is 0.444. The lowest BCUT2D eigenvalue weighted by Gasteiger charge is -2.39. The van der Waals surface area contributed by atoms with Crippen LogP contribution in [0.15, 0.2) is 35.9 Å². The smallest absolute Gasteiger partial charge is 0.232 e. The molecule has 1 aromatic carbocycles. The van der Waals surface area contributed by atoms with Crippen molar-refractivity contribution in [2.24, 2.45) is 16.9 Å². The molecule has 0 radical (unpaired) electrons. The van der Waals surface area contributed by atoms with Gasteiger partial charge >= 0.3 is 0 Å². The number of carbonyl (C=O) groups is 2. The molecule has 0 fully saturated rings. The van der Waals surface area contributed by atoms with E-state index in [0.717, 1.165) is 16.7 Å². The molecule has 2 aliphatic rings. The maximum Gasteiger partial charge on any atom is 0.232 e. The van der Waals surface area contributed by atoms with Gasteiger partial charge in [0, 0.05) is 0 Å². The van der Waals surface area contributed by atoms with Crippen LogP contribution in [0.1, 0.15) is 44.7 Å². The molecule has 2 aliphatic carbocycles. The Morgan fingerprint density at radius 3 is 2.14 bits per heavy atom. The number of benzene rings is 1. The lowest BCUT2D eigenvalue weighted by Crippen LogP contribution is -2.48. The first-order valence-electron chi connectivity index (χ1n) is 7.55. The quantitative estimate of drug-likeness (QED) is 0.817. The summed E-state index contributed by atoms with van der Waals surface area (Å²) >= 11 is 0. The molecule has 116 valence electrons. The summed E-state index contributed by atoms with van der Waals surface area (Å²) in [4.78, 5) is 24.7. The third kappa shape index (κ3) is 1.70. The third-order valence-electron chi connectivity index (χ3n) is 5.29. The summed E-state index contributed by atoms with van der Waals surface area (Å²) in [7, 11) is 0. The van der Waals surface area contributed by atoms with Gasteiger partial charge in [0.25, 0.3) is 0 Å². The molecular weight excluding hydrogens is 276 g/mol. The summed E-state index contributed by atoms with van der Waals surface area (Å²) in [5, 5.41) is 0. The van der Waals surface area contributed by atoms with Gasteiger partial charge in [-0.2, -0.15) is 0 Å². The molecule has 4 N–H and O–H groups in total. The number of rotatable bonds is 2. The highest BCUT2D eigenvalue weighted by Crippen LogP contribution is 2.58. The van der Waals surface area contributed by atoms with Crippen LogP contribution in [0.2, 0.25) is 0 Å². The highest BCUT2D eigenvalue weighted by atomic mass is 16.2. The van der Waals surface area contributed by atoms with Crippen molar-refractivity contribution >= 4 is 11.8 Å². The highest BCUT2D eigenvalue weighted by Gasteiger charge is 2.60. The molecular formula is C18H22N2O2. The van der Waals surface area contributed by atoms with Crippen LogP contribution in [-0.2, 0) is 20.4 Å². The summed E-state index contributed by atoms with van der Waals surface area (Å²) in [6.45, 7) is 6.24. The zero-order valence-corrected chi connectivity index (χ0v) is 13.3. The van der Waals surface area contributed by atoms with Crippen LogP contribution in [0.5, 0.6) is 0 Å². The molecule has 0 aliphatic heterocycles. The molecule has 0 spiro atoms. The van der Waals surface area contributed by atoms with E-state index in [4.69, 9.17) is 11.5 Å². The van der Waals surface area contributed by atoms with Crippen molar-refractivity contribution in [2.45, 2.75) is 44.4 Å². The molecule has 4 heteroatoms. The largest absolute Gasteiger partial charge is 0.369 e. The van der Waals surface area contributed by atoms with Gasteiger partial charge in [0.15, 0.2) is 0 Å². The van der Waals surface area contributed by atoms with Gasteiger partial charge in [0.2, 0.25) is 11.8 Å². The summed E-state index contributed by atoms with van der Waals surface area (Å²) in [5.74, 6) is -0.789. The molecule has 2 atom stereocenters. The molecule has 2 amide bonds. The number of primary amides is 2. The van der Waals surface area contributed by atoms with Crippen LogP contribution in [0.25, 0.3) is 0 Å². The van der Waals surface area contributed by atoms with Gasteiger partial charge in [-0.1, -0.05) is 56.7 Å². The van der Waals surface area contributed by atoms with Gasteiger partial charge in [-0.3, -0.25) is 9.59 Å². The average molecular weight is 298 g/mol. The van der Waals surface area contributed by atoms with Crippen LogP contribution in [-0.4, -0.2) is 11.8 Å². The Kier molecular flexibility index (Phi) is 2.84. The molecule has 0 saturated heterocycles. The first-order valence-corrected chi connectivity index (χ1v) is 7.55. The van der Waals surface area contributed by atoms with Crippen molar-refractivity contribution in [3.63, 3.8) is 0 Å². The SMILES string of the molecule is CC(C)(C)C1=CC2(C(N)=O)CC(C(N)=O)(C1)c1ccccc12. The van der Waals surface area contributed by atoms with E-state index in [0.29, 0.717) is 12.8 Å². The maximum absolute atomic E-state index is 12.4. The number of hydrogen-bond acceptors (Lipinski definition) is 2. The van der Waals surface area contributed by atoms with Crippen molar-refractivity contribution in [3.05, 3.63) is 47.0 Å². The standard InChI is InChI=1S/C18H22N2O2/c1-16(2,3)11-8-17(14(19)21)10-18(9-11,15(20)22)13-7-5-4-6-12(13)17/h4-8H,9-10H2,1-3H3,(H2,19,21)(H2,20,22). The number of allylic oxidation sites excluding steroid dienone is 1. The van der Waals surface area contributed by atoms with Crippen LogP contribution in [0.3, 0.4) is 0 Å². The van der Waals surface area contributed by atoms with Gasteiger partial charge in [-0.25, -0.2) is 0 Å². The maximum atomic E-state index is 12.4. The van der Waals surface area contributed by atoms with Gasteiger partial charge in [0.05, 0.1) is 10.8 Å². The number of fused-ring (bicyclic) bond motifs is 5. The van der Waals surface area contributed by atoms with Gasteiger partial charge in [-0.15, -0.1) is 0 Å². The Hall–Kier alpha value is -2.10. The summed E-state index contributed by atoms with van der Waals surface area (Å²) in [6, 6.07) is 7.57. The fourth-order valence-corrected chi connectivity index (χ4v) is 4.00. The predicted molar refractivity (Wildman–Crippen MR) is 85.0 cm³/mol. The van der Waals surface area contributed by atoms with E-state index in [9.17, 15) is 9.59 Å². The Balaban J connectivity index is 2.36. The molecule has 1 aromatic rings. The number of amides is 2. The minimum absolute atomic E-state index is 0.149. The first-order chi connectivity index (χ1) is 10.1. The van der Waals surface area contributed by atoms with E-state index in [-0.39, 0.29) is 11.3 Å². The Morgan fingerprint density at radius 2 is 1.64 bits per heavy atom. The third-order valence-corrected chi connectivity index (χ3v) is 5.29. The minimum Gasteiger partial charge on any atom is -0.369 e. The second-order valence-electron chi connectivity index (χ2n) is 7.60. The lowest BCUT2D eigenvalue weighted by molar-refractivity contribution is -0.126. The van der Waals surface area contributed by atoms with E-state index >= 15 is 0 Å².